The van der Waals surface area contributed by atoms with Crippen molar-refractivity contribution in [1.82, 2.24) is 8.75 Å². The van der Waals surface area contributed by atoms with E-state index in [4.69, 9.17) is 11.6 Å². The Morgan fingerprint density at radius 2 is 2.10 bits per heavy atom. The largest absolute Gasteiger partial charge is 0.319 e. The zero-order valence-corrected chi connectivity index (χ0v) is 13.4. The van der Waals surface area contributed by atoms with Crippen LogP contribution in [0.3, 0.4) is 0 Å². The molecule has 1 aromatic heterocycles. The van der Waals surface area contributed by atoms with Crippen molar-refractivity contribution < 1.29 is 4.79 Å². The van der Waals surface area contributed by atoms with Crippen LogP contribution in [-0.4, -0.2) is 14.7 Å². The Labute approximate surface area is 135 Å². The first-order valence-electron chi connectivity index (χ1n) is 6.08. The minimum Gasteiger partial charge on any atom is -0.319 e. The molecule has 0 saturated carbocycles. The topological polar surface area (TPSA) is 54.9 Å². The van der Waals surface area contributed by atoms with Crippen LogP contribution in [0.2, 0.25) is 5.02 Å². The highest BCUT2D eigenvalue weighted by molar-refractivity contribution is 7.80. The van der Waals surface area contributed by atoms with Crippen molar-refractivity contribution in [1.29, 1.82) is 0 Å². The summed E-state index contributed by atoms with van der Waals surface area (Å²) in [4.78, 5) is 13.2. The van der Waals surface area contributed by atoms with Gasteiger partial charge in [-0.1, -0.05) is 17.7 Å². The van der Waals surface area contributed by atoms with Gasteiger partial charge >= 0.3 is 0 Å². The molecule has 1 N–H and O–H groups in total. The molecule has 0 spiro atoms. The minimum atomic E-state index is -0.245. The second-order valence-electron chi connectivity index (χ2n) is 4.51. The van der Waals surface area contributed by atoms with Crippen LogP contribution in [0.25, 0.3) is 11.0 Å². The van der Waals surface area contributed by atoms with Crippen LogP contribution in [0.1, 0.15) is 15.9 Å². The number of fused-ring (bicyclic) bond motifs is 1. The Morgan fingerprint density at radius 3 is 2.90 bits per heavy atom. The van der Waals surface area contributed by atoms with Gasteiger partial charge in [0, 0.05) is 10.5 Å². The molecular weight excluding hydrogens is 326 g/mol. The smallest absolute Gasteiger partial charge is 0.256 e. The molecule has 106 valence electrons. The summed E-state index contributed by atoms with van der Waals surface area (Å²) in [6.07, 6.45) is 0. The van der Waals surface area contributed by atoms with Gasteiger partial charge in [0.05, 0.1) is 22.4 Å². The third kappa shape index (κ3) is 2.74. The molecule has 3 aromatic rings. The number of carbonyl (C=O) groups excluding carboxylic acids is 1. The molecule has 0 aliphatic carbocycles. The highest BCUT2D eigenvalue weighted by Crippen LogP contribution is 2.30. The maximum atomic E-state index is 12.5. The Morgan fingerprint density at radius 1 is 1.29 bits per heavy atom. The van der Waals surface area contributed by atoms with Gasteiger partial charge in [-0.2, -0.15) is 8.75 Å². The zero-order valence-electron chi connectivity index (χ0n) is 10.9. The van der Waals surface area contributed by atoms with Crippen molar-refractivity contribution in [2.45, 2.75) is 11.8 Å². The number of carbonyl (C=O) groups is 1. The maximum absolute atomic E-state index is 12.5. The SMILES string of the molecule is Cc1ccc(S)cc1C(=O)Nc1c(Cl)ccc2nsnc12. The van der Waals surface area contributed by atoms with E-state index < -0.39 is 0 Å². The number of aryl methyl sites for hydroxylation is 1. The molecular formula is C14H10ClN3OS2. The molecule has 0 radical (unpaired) electrons. The Balaban J connectivity index is 2.02. The van der Waals surface area contributed by atoms with Gasteiger partial charge in [0.15, 0.2) is 0 Å². The number of hydrogen-bond donors (Lipinski definition) is 2. The molecule has 0 saturated heterocycles. The fourth-order valence-corrected chi connectivity index (χ4v) is 2.93. The van der Waals surface area contributed by atoms with E-state index in [1.807, 2.05) is 19.1 Å². The van der Waals surface area contributed by atoms with Gasteiger partial charge in [-0.15, -0.1) is 12.6 Å². The van der Waals surface area contributed by atoms with E-state index in [-0.39, 0.29) is 5.91 Å². The van der Waals surface area contributed by atoms with E-state index >= 15 is 0 Å². The number of aromatic nitrogens is 2. The molecule has 0 aliphatic heterocycles. The number of nitrogens with zero attached hydrogens (tertiary/aromatic N) is 2. The predicted molar refractivity (Wildman–Crippen MR) is 88.8 cm³/mol. The number of thiol groups is 1. The van der Waals surface area contributed by atoms with E-state index in [0.29, 0.717) is 27.3 Å². The fraction of sp³-hybridized carbons (Fsp3) is 0.0714. The van der Waals surface area contributed by atoms with Crippen LogP contribution in [-0.2, 0) is 0 Å². The number of hydrogen-bond acceptors (Lipinski definition) is 5. The van der Waals surface area contributed by atoms with E-state index in [1.165, 1.54) is 0 Å². The number of anilines is 1. The van der Waals surface area contributed by atoms with Crippen molar-refractivity contribution in [3.63, 3.8) is 0 Å². The zero-order chi connectivity index (χ0) is 15.0. The summed E-state index contributed by atoms with van der Waals surface area (Å²) >= 11 is 11.5. The third-order valence-corrected chi connectivity index (χ3v) is 4.22. The predicted octanol–water partition coefficient (Wildman–Crippen LogP) is 4.19. The molecule has 2 aromatic carbocycles. The molecule has 4 nitrogen and oxygen atoms in total. The first kappa shape index (κ1) is 14.3. The first-order valence-corrected chi connectivity index (χ1v) is 7.63. The van der Waals surface area contributed by atoms with Crippen molar-refractivity contribution >= 4 is 58.6 Å². The second kappa shape index (κ2) is 5.63. The van der Waals surface area contributed by atoms with Crippen molar-refractivity contribution in [3.8, 4) is 0 Å². The van der Waals surface area contributed by atoms with Crippen LogP contribution >= 0.6 is 36.0 Å². The summed E-state index contributed by atoms with van der Waals surface area (Å²) in [5.74, 6) is -0.245. The molecule has 0 atom stereocenters. The van der Waals surface area contributed by atoms with Gasteiger partial charge < -0.3 is 5.32 Å². The average Bonchev–Trinajstić information content (AvgIpc) is 2.93. The minimum absolute atomic E-state index is 0.245. The summed E-state index contributed by atoms with van der Waals surface area (Å²) in [6.45, 7) is 1.87. The number of nitrogens with one attached hydrogen (secondary N) is 1. The van der Waals surface area contributed by atoms with E-state index in [1.54, 1.807) is 18.2 Å². The highest BCUT2D eigenvalue weighted by atomic mass is 35.5. The molecule has 3 rings (SSSR count). The van der Waals surface area contributed by atoms with E-state index in [0.717, 1.165) is 22.2 Å². The lowest BCUT2D eigenvalue weighted by Crippen LogP contribution is -2.14. The molecule has 0 bridgehead atoms. The molecule has 7 heteroatoms. The number of rotatable bonds is 2. The maximum Gasteiger partial charge on any atom is 0.256 e. The first-order chi connectivity index (χ1) is 10.1. The Bertz CT molecular complexity index is 847. The van der Waals surface area contributed by atoms with Crippen LogP contribution < -0.4 is 5.32 Å². The second-order valence-corrected chi connectivity index (χ2v) is 5.96. The van der Waals surface area contributed by atoms with Crippen LogP contribution in [0.5, 0.6) is 0 Å². The highest BCUT2D eigenvalue weighted by Gasteiger charge is 2.15. The quantitative estimate of drug-likeness (QED) is 0.690. The van der Waals surface area contributed by atoms with Gasteiger partial charge in [0.25, 0.3) is 5.91 Å². The summed E-state index contributed by atoms with van der Waals surface area (Å²) in [7, 11) is 0. The molecule has 21 heavy (non-hydrogen) atoms. The third-order valence-electron chi connectivity index (χ3n) is 3.08. The Kier molecular flexibility index (Phi) is 3.84. The molecule has 0 fully saturated rings. The van der Waals surface area contributed by atoms with Crippen molar-refractivity contribution in [2.24, 2.45) is 0 Å². The Hall–Kier alpha value is -1.63. The van der Waals surface area contributed by atoms with Crippen molar-refractivity contribution in [2.75, 3.05) is 5.32 Å². The fourth-order valence-electron chi connectivity index (χ4n) is 1.98. The van der Waals surface area contributed by atoms with Crippen LogP contribution in [0.4, 0.5) is 5.69 Å². The lowest BCUT2D eigenvalue weighted by molar-refractivity contribution is 0.102. The normalized spacial score (nSPS) is 10.8. The number of amides is 1. The molecule has 1 amide bonds. The van der Waals surface area contributed by atoms with Crippen LogP contribution in [0.15, 0.2) is 35.2 Å². The molecule has 0 unspecified atom stereocenters. The van der Waals surface area contributed by atoms with Gasteiger partial charge in [-0.3, -0.25) is 4.79 Å². The average molecular weight is 336 g/mol. The lowest BCUT2D eigenvalue weighted by atomic mass is 10.1. The molecule has 1 heterocycles. The van der Waals surface area contributed by atoms with E-state index in [9.17, 15) is 4.79 Å². The van der Waals surface area contributed by atoms with Gasteiger partial charge in [0.2, 0.25) is 0 Å². The summed E-state index contributed by atoms with van der Waals surface area (Å²) in [5, 5.41) is 3.26. The van der Waals surface area contributed by atoms with Gasteiger partial charge in [0.1, 0.15) is 11.0 Å². The van der Waals surface area contributed by atoms with Crippen LogP contribution in [0, 0.1) is 6.92 Å². The van der Waals surface area contributed by atoms with Crippen molar-refractivity contribution in [3.05, 3.63) is 46.5 Å². The molecule has 0 aliphatic rings. The number of halogens is 1. The standard InChI is InChI=1S/C14H10ClN3OS2/c1-7-2-3-8(20)6-9(7)14(19)16-12-10(15)4-5-11-13(12)18-21-17-11/h2-6,20H,1H3,(H,16,19). The summed E-state index contributed by atoms with van der Waals surface area (Å²) in [6, 6.07) is 8.89. The number of benzene rings is 2. The van der Waals surface area contributed by atoms with Gasteiger partial charge in [-0.05, 0) is 36.8 Å². The summed E-state index contributed by atoms with van der Waals surface area (Å²) in [5.41, 5.74) is 3.21. The van der Waals surface area contributed by atoms with E-state index in [2.05, 4.69) is 26.7 Å². The van der Waals surface area contributed by atoms with Gasteiger partial charge in [-0.25, -0.2) is 0 Å². The lowest BCUT2D eigenvalue weighted by Gasteiger charge is -2.10. The monoisotopic (exact) mass is 335 g/mol. The summed E-state index contributed by atoms with van der Waals surface area (Å²) < 4.78 is 8.32.